The van der Waals surface area contributed by atoms with Gasteiger partial charge in [0.1, 0.15) is 18.0 Å². The first-order valence-electron chi connectivity index (χ1n) is 10.9. The number of aliphatic hydroxyl groups excluding tert-OH is 1. The molecular formula is C27H22ClN3O4. The minimum atomic E-state index is -0.309. The molecule has 0 radical (unpaired) electrons. The quantitative estimate of drug-likeness (QED) is 0.333. The molecule has 35 heavy (non-hydrogen) atoms. The monoisotopic (exact) mass is 487 g/mol. The molecule has 0 aliphatic rings. The Bertz CT molecular complexity index is 1560. The van der Waals surface area contributed by atoms with Crippen LogP contribution in [-0.2, 0) is 13.2 Å². The standard InChI is InChI=1S/C27H22ClN3O4/c1-34-21-7-5-17(6-8-21)16-35-25-14-31(20(15-32)12-24(25)33)19-4-2-3-18(11-19)26-22-9-10-29-27(22)30-13-23(26)28/h2-14,32H,15-16H2,1H3,(H,29,30). The van der Waals surface area contributed by atoms with Gasteiger partial charge in [-0.05, 0) is 41.5 Å². The maximum absolute atomic E-state index is 12.7. The van der Waals surface area contributed by atoms with Gasteiger partial charge in [0.25, 0.3) is 0 Å². The summed E-state index contributed by atoms with van der Waals surface area (Å²) in [6.45, 7) is -0.0911. The Morgan fingerprint density at radius 1 is 1.11 bits per heavy atom. The van der Waals surface area contributed by atoms with E-state index in [0.717, 1.165) is 39.2 Å². The molecule has 0 saturated heterocycles. The number of H-pyrrole nitrogens is 1. The average Bonchev–Trinajstić information content (AvgIpc) is 3.37. The van der Waals surface area contributed by atoms with Crippen molar-refractivity contribution in [2.45, 2.75) is 13.2 Å². The molecular weight excluding hydrogens is 466 g/mol. The van der Waals surface area contributed by atoms with E-state index < -0.39 is 0 Å². The van der Waals surface area contributed by atoms with Gasteiger partial charge >= 0.3 is 0 Å². The number of benzene rings is 2. The van der Waals surface area contributed by atoms with Crippen LogP contribution < -0.4 is 14.9 Å². The second-order valence-corrected chi connectivity index (χ2v) is 8.34. The number of aromatic amines is 1. The number of aromatic nitrogens is 3. The van der Waals surface area contributed by atoms with Gasteiger partial charge in [0.05, 0.1) is 30.6 Å². The zero-order chi connectivity index (χ0) is 24.4. The summed E-state index contributed by atoms with van der Waals surface area (Å²) in [5, 5.41) is 11.4. The summed E-state index contributed by atoms with van der Waals surface area (Å²) in [4.78, 5) is 20.1. The molecule has 0 aliphatic heterocycles. The van der Waals surface area contributed by atoms with Crippen molar-refractivity contribution in [3.63, 3.8) is 0 Å². The van der Waals surface area contributed by atoms with Gasteiger partial charge in [-0.2, -0.15) is 0 Å². The van der Waals surface area contributed by atoms with Gasteiger partial charge < -0.3 is 24.1 Å². The minimum absolute atomic E-state index is 0.179. The molecule has 2 N–H and O–H groups in total. The number of rotatable bonds is 7. The largest absolute Gasteiger partial charge is 0.497 e. The summed E-state index contributed by atoms with van der Waals surface area (Å²) < 4.78 is 12.8. The van der Waals surface area contributed by atoms with Crippen LogP contribution in [0.3, 0.4) is 0 Å². The van der Waals surface area contributed by atoms with E-state index in [1.165, 1.54) is 6.07 Å². The van der Waals surface area contributed by atoms with Crippen molar-refractivity contribution in [3.05, 3.63) is 106 Å². The highest BCUT2D eigenvalue weighted by Gasteiger charge is 2.14. The zero-order valence-corrected chi connectivity index (χ0v) is 19.6. The van der Waals surface area contributed by atoms with Gasteiger partial charge in [0.2, 0.25) is 5.43 Å². The van der Waals surface area contributed by atoms with Crippen molar-refractivity contribution in [2.75, 3.05) is 7.11 Å². The zero-order valence-electron chi connectivity index (χ0n) is 18.9. The number of nitrogens with zero attached hydrogens (tertiary/aromatic N) is 2. The fourth-order valence-corrected chi connectivity index (χ4v) is 4.26. The van der Waals surface area contributed by atoms with Crippen LogP contribution in [0.1, 0.15) is 11.3 Å². The van der Waals surface area contributed by atoms with E-state index >= 15 is 0 Å². The van der Waals surface area contributed by atoms with Crippen LogP contribution in [0.25, 0.3) is 27.8 Å². The van der Waals surface area contributed by atoms with Gasteiger partial charge in [0.15, 0.2) is 5.75 Å². The second-order valence-electron chi connectivity index (χ2n) is 7.93. The molecule has 0 unspecified atom stereocenters. The molecule has 0 spiro atoms. The predicted octanol–water partition coefficient (Wildman–Crippen LogP) is 5.11. The van der Waals surface area contributed by atoms with Crippen LogP contribution in [-0.4, -0.2) is 26.8 Å². The summed E-state index contributed by atoms with van der Waals surface area (Å²) in [6.07, 6.45) is 5.04. The summed E-state index contributed by atoms with van der Waals surface area (Å²) in [6, 6.07) is 18.4. The lowest BCUT2D eigenvalue weighted by Crippen LogP contribution is -2.14. The first kappa shape index (κ1) is 22.7. The Labute approximate surface area is 206 Å². The van der Waals surface area contributed by atoms with E-state index in [1.807, 2.05) is 60.8 Å². The Morgan fingerprint density at radius 2 is 1.94 bits per heavy atom. The van der Waals surface area contributed by atoms with Gasteiger partial charge in [-0.15, -0.1) is 0 Å². The third kappa shape index (κ3) is 4.51. The van der Waals surface area contributed by atoms with Crippen molar-refractivity contribution in [1.82, 2.24) is 14.5 Å². The highest BCUT2D eigenvalue weighted by atomic mass is 35.5. The number of fused-ring (bicyclic) bond motifs is 1. The molecule has 5 aromatic rings. The molecule has 0 fully saturated rings. The average molecular weight is 488 g/mol. The fourth-order valence-electron chi connectivity index (χ4n) is 4.00. The normalized spacial score (nSPS) is 11.1. The van der Waals surface area contributed by atoms with Crippen LogP contribution in [0.4, 0.5) is 0 Å². The van der Waals surface area contributed by atoms with Gasteiger partial charge in [-0.1, -0.05) is 35.9 Å². The SMILES string of the molecule is COc1ccc(COc2cn(-c3cccc(-c4c(Cl)cnc5[nH]ccc45)c3)c(CO)cc2=O)cc1. The van der Waals surface area contributed by atoms with Crippen molar-refractivity contribution < 1.29 is 14.6 Å². The first-order valence-corrected chi connectivity index (χ1v) is 11.3. The molecule has 3 aromatic heterocycles. The molecule has 0 amide bonds. The molecule has 0 bridgehead atoms. The number of nitrogens with one attached hydrogen (secondary N) is 1. The van der Waals surface area contributed by atoms with E-state index in [0.29, 0.717) is 10.7 Å². The van der Waals surface area contributed by atoms with E-state index in [2.05, 4.69) is 9.97 Å². The Morgan fingerprint density at radius 3 is 2.71 bits per heavy atom. The van der Waals surface area contributed by atoms with Crippen molar-refractivity contribution in [3.8, 4) is 28.3 Å². The van der Waals surface area contributed by atoms with Crippen LogP contribution >= 0.6 is 11.6 Å². The van der Waals surface area contributed by atoms with E-state index in [4.69, 9.17) is 21.1 Å². The van der Waals surface area contributed by atoms with Gasteiger partial charge in [0, 0.05) is 35.1 Å². The number of pyridine rings is 2. The lowest BCUT2D eigenvalue weighted by Gasteiger charge is -2.16. The van der Waals surface area contributed by atoms with E-state index in [-0.39, 0.29) is 24.4 Å². The molecule has 8 heteroatoms. The molecule has 3 heterocycles. The van der Waals surface area contributed by atoms with Gasteiger partial charge in [-0.3, -0.25) is 4.79 Å². The van der Waals surface area contributed by atoms with Crippen molar-refractivity contribution in [1.29, 1.82) is 0 Å². The summed E-state index contributed by atoms with van der Waals surface area (Å²) in [5.74, 6) is 0.924. The lowest BCUT2D eigenvalue weighted by molar-refractivity contribution is 0.270. The third-order valence-corrected chi connectivity index (χ3v) is 6.05. The minimum Gasteiger partial charge on any atom is -0.497 e. The highest BCUT2D eigenvalue weighted by Crippen LogP contribution is 2.34. The van der Waals surface area contributed by atoms with Gasteiger partial charge in [-0.25, -0.2) is 4.98 Å². The second kappa shape index (κ2) is 9.66. The highest BCUT2D eigenvalue weighted by molar-refractivity contribution is 6.34. The Kier molecular flexibility index (Phi) is 6.27. The summed E-state index contributed by atoms with van der Waals surface area (Å²) in [7, 11) is 1.61. The number of ether oxygens (including phenoxy) is 2. The van der Waals surface area contributed by atoms with Crippen LogP contribution in [0, 0.1) is 0 Å². The molecule has 176 valence electrons. The van der Waals surface area contributed by atoms with Crippen molar-refractivity contribution in [2.24, 2.45) is 0 Å². The molecule has 5 rings (SSSR count). The number of hydrogen-bond donors (Lipinski definition) is 2. The van der Waals surface area contributed by atoms with Crippen LogP contribution in [0.15, 0.2) is 84.0 Å². The maximum Gasteiger partial charge on any atom is 0.223 e. The third-order valence-electron chi connectivity index (χ3n) is 5.77. The number of halogens is 1. The van der Waals surface area contributed by atoms with Crippen LogP contribution in [0.5, 0.6) is 11.5 Å². The van der Waals surface area contributed by atoms with E-state index in [1.54, 1.807) is 24.1 Å². The maximum atomic E-state index is 12.7. The fraction of sp³-hybridized carbons (Fsp3) is 0.111. The van der Waals surface area contributed by atoms with Crippen molar-refractivity contribution >= 4 is 22.6 Å². The molecule has 2 aromatic carbocycles. The van der Waals surface area contributed by atoms with Crippen LogP contribution in [0.2, 0.25) is 5.02 Å². The Balaban J connectivity index is 1.52. The molecule has 0 atom stereocenters. The summed E-state index contributed by atoms with van der Waals surface area (Å²) in [5.41, 5.74) is 4.25. The molecule has 0 aliphatic carbocycles. The molecule has 0 saturated carbocycles. The smallest absolute Gasteiger partial charge is 0.223 e. The van der Waals surface area contributed by atoms with E-state index in [9.17, 15) is 9.90 Å². The first-order chi connectivity index (χ1) is 17.1. The predicted molar refractivity (Wildman–Crippen MR) is 135 cm³/mol. The Hall–Kier alpha value is -4.07. The summed E-state index contributed by atoms with van der Waals surface area (Å²) >= 11 is 6.52. The topological polar surface area (TPSA) is 89.4 Å². The lowest BCUT2D eigenvalue weighted by atomic mass is 10.0. The number of aliphatic hydroxyl groups is 1. The number of hydrogen-bond acceptors (Lipinski definition) is 5. The molecule has 7 nitrogen and oxygen atoms in total. The number of methoxy groups -OCH3 is 1.